The molecule has 0 saturated carbocycles. The number of amides is 1. The molecule has 3 aromatic rings. The predicted molar refractivity (Wildman–Crippen MR) is 113 cm³/mol. The van der Waals surface area contributed by atoms with Crippen LogP contribution < -0.4 is 10.5 Å². The minimum absolute atomic E-state index is 0.0313. The molecule has 146 valence electrons. The van der Waals surface area contributed by atoms with Gasteiger partial charge in [0.1, 0.15) is 17.4 Å². The van der Waals surface area contributed by atoms with E-state index in [1.165, 1.54) is 12.1 Å². The first-order chi connectivity index (χ1) is 13.9. The van der Waals surface area contributed by atoms with Crippen molar-refractivity contribution in [2.24, 2.45) is 10.1 Å². The minimum Gasteiger partial charge on any atom is -0.457 e. The number of hydrogen-bond acceptors (Lipinski definition) is 6. The maximum Gasteiger partial charge on any atom is 0.289 e. The number of carbonyl (C=O) groups is 1. The molecule has 7 nitrogen and oxygen atoms in total. The van der Waals surface area contributed by atoms with Gasteiger partial charge in [-0.15, -0.1) is 0 Å². The molecule has 9 heteroatoms. The molecule has 0 unspecified atom stereocenters. The predicted octanol–water partition coefficient (Wildman–Crippen LogP) is 4.12. The number of thioether (sulfide) groups is 1. The number of nitrogens with one attached hydrogen (secondary N) is 1. The van der Waals surface area contributed by atoms with Crippen molar-refractivity contribution in [1.82, 2.24) is 5.32 Å². The average molecular weight is 425 g/mol. The second-order valence-corrected chi connectivity index (χ2v) is 8.67. The molecule has 1 aromatic heterocycles. The maximum atomic E-state index is 11.8. The molecule has 1 aliphatic heterocycles. The fourth-order valence-electron chi connectivity index (χ4n) is 2.67. The van der Waals surface area contributed by atoms with Gasteiger partial charge in [-0.25, -0.2) is 18.5 Å². The van der Waals surface area contributed by atoms with Gasteiger partial charge in [-0.3, -0.25) is 4.79 Å². The first kappa shape index (κ1) is 19.2. The number of para-hydroxylation sites is 1. The van der Waals surface area contributed by atoms with Crippen LogP contribution in [-0.4, -0.2) is 19.5 Å². The zero-order chi connectivity index (χ0) is 20.4. The molecule has 29 heavy (non-hydrogen) atoms. The van der Waals surface area contributed by atoms with E-state index in [1.807, 2.05) is 30.3 Å². The molecule has 4 rings (SSSR count). The van der Waals surface area contributed by atoms with E-state index >= 15 is 0 Å². The van der Waals surface area contributed by atoms with Crippen LogP contribution in [0.3, 0.4) is 0 Å². The van der Waals surface area contributed by atoms with Crippen LogP contribution in [0.1, 0.15) is 5.76 Å². The van der Waals surface area contributed by atoms with Crippen molar-refractivity contribution in [1.29, 1.82) is 0 Å². The van der Waals surface area contributed by atoms with Gasteiger partial charge in [-0.1, -0.05) is 18.2 Å². The van der Waals surface area contributed by atoms with E-state index in [9.17, 15) is 13.2 Å². The zero-order valence-corrected chi connectivity index (χ0v) is 16.5. The second-order valence-electron chi connectivity index (χ2n) is 6.09. The smallest absolute Gasteiger partial charge is 0.289 e. The summed E-state index contributed by atoms with van der Waals surface area (Å²) in [5, 5.41) is 7.63. The summed E-state index contributed by atoms with van der Waals surface area (Å²) in [5.41, 5.74) is 1.43. The van der Waals surface area contributed by atoms with Crippen molar-refractivity contribution < 1.29 is 17.6 Å². The van der Waals surface area contributed by atoms with Crippen molar-refractivity contribution in [3.05, 3.63) is 77.4 Å². The first-order valence-corrected chi connectivity index (χ1v) is 10.8. The van der Waals surface area contributed by atoms with Crippen LogP contribution in [0.5, 0.6) is 0 Å². The molecular formula is C20H15N3O4S2. The Hall–Kier alpha value is -3.14. The number of amidine groups is 1. The van der Waals surface area contributed by atoms with E-state index < -0.39 is 10.0 Å². The Morgan fingerprint density at radius 3 is 2.41 bits per heavy atom. The molecule has 1 amide bonds. The Morgan fingerprint density at radius 1 is 1.00 bits per heavy atom. The number of nitrogens with two attached hydrogens (primary N) is 1. The number of furan rings is 1. The van der Waals surface area contributed by atoms with Gasteiger partial charge in [0.05, 0.1) is 15.5 Å². The number of primary sulfonamides is 1. The highest BCUT2D eigenvalue weighted by Gasteiger charge is 2.24. The second kappa shape index (κ2) is 7.70. The van der Waals surface area contributed by atoms with Crippen molar-refractivity contribution in [2.45, 2.75) is 4.90 Å². The van der Waals surface area contributed by atoms with Gasteiger partial charge in [0.15, 0.2) is 0 Å². The van der Waals surface area contributed by atoms with E-state index in [0.29, 0.717) is 27.8 Å². The fraction of sp³-hybridized carbons (Fsp3) is 0. The summed E-state index contributed by atoms with van der Waals surface area (Å²) in [6.45, 7) is 0. The van der Waals surface area contributed by atoms with Crippen LogP contribution in [0, 0.1) is 0 Å². The van der Waals surface area contributed by atoms with Crippen LogP contribution in [0.2, 0.25) is 0 Å². The lowest BCUT2D eigenvalue weighted by molar-refractivity contribution is 0.265. The van der Waals surface area contributed by atoms with E-state index in [-0.39, 0.29) is 10.1 Å². The number of aliphatic imine (C=N–C) groups is 1. The fourth-order valence-corrected chi connectivity index (χ4v) is 3.90. The van der Waals surface area contributed by atoms with Crippen molar-refractivity contribution in [3.63, 3.8) is 0 Å². The highest BCUT2D eigenvalue weighted by molar-refractivity contribution is 8.18. The van der Waals surface area contributed by atoms with Gasteiger partial charge < -0.3 is 9.73 Å². The van der Waals surface area contributed by atoms with Gasteiger partial charge >= 0.3 is 0 Å². The summed E-state index contributed by atoms with van der Waals surface area (Å²) in [5.74, 6) is 1.55. The molecule has 1 aliphatic rings. The van der Waals surface area contributed by atoms with Crippen molar-refractivity contribution in [2.75, 3.05) is 0 Å². The van der Waals surface area contributed by atoms with Crippen LogP contribution in [0.25, 0.3) is 17.4 Å². The minimum atomic E-state index is -3.74. The third-order valence-electron chi connectivity index (χ3n) is 4.02. The van der Waals surface area contributed by atoms with E-state index in [4.69, 9.17) is 9.56 Å². The highest BCUT2D eigenvalue weighted by atomic mass is 32.2. The van der Waals surface area contributed by atoms with Crippen LogP contribution in [-0.2, 0) is 10.0 Å². The summed E-state index contributed by atoms with van der Waals surface area (Å²) in [6.07, 6.45) is 1.73. The Labute approximate surface area is 171 Å². The SMILES string of the molecule is NS(=O)(=O)c1ccc(-c2ccc(/C=C3/SC(=O)NC3=Nc3ccccc3)o2)cc1. The lowest BCUT2D eigenvalue weighted by Crippen LogP contribution is -2.18. The number of sulfonamides is 1. The molecule has 2 aromatic carbocycles. The highest BCUT2D eigenvalue weighted by Crippen LogP contribution is 2.30. The quantitative estimate of drug-likeness (QED) is 0.652. The van der Waals surface area contributed by atoms with Crippen molar-refractivity contribution in [3.8, 4) is 11.3 Å². The zero-order valence-electron chi connectivity index (χ0n) is 14.9. The molecule has 0 aliphatic carbocycles. The number of carbonyl (C=O) groups excluding carboxylic acids is 1. The Morgan fingerprint density at radius 2 is 1.72 bits per heavy atom. The lowest BCUT2D eigenvalue weighted by atomic mass is 10.2. The first-order valence-electron chi connectivity index (χ1n) is 8.46. The summed E-state index contributed by atoms with van der Waals surface area (Å²) in [4.78, 5) is 17.0. The normalized spacial score (nSPS) is 17.1. The largest absolute Gasteiger partial charge is 0.457 e. The average Bonchev–Trinajstić information content (AvgIpc) is 3.29. The maximum absolute atomic E-state index is 11.8. The molecule has 0 radical (unpaired) electrons. The molecule has 2 heterocycles. The summed E-state index contributed by atoms with van der Waals surface area (Å²) in [6, 6.07) is 18.9. The number of nitrogens with zero attached hydrogens (tertiary/aromatic N) is 1. The summed E-state index contributed by atoms with van der Waals surface area (Å²) >= 11 is 1.04. The van der Waals surface area contributed by atoms with Crippen LogP contribution in [0.4, 0.5) is 10.5 Å². The molecule has 1 fully saturated rings. The number of hydrogen-bond donors (Lipinski definition) is 2. The standard InChI is InChI=1S/C20H15N3O4S2/c21-29(25,26)16-9-6-13(7-10-16)17-11-8-15(27-17)12-18-19(23-20(24)28-18)22-14-4-2-1-3-5-14/h1-12H,(H2,21,25,26)(H,22,23,24)/b18-12+. The van der Waals surface area contributed by atoms with E-state index in [0.717, 1.165) is 17.4 Å². The lowest BCUT2D eigenvalue weighted by Gasteiger charge is -2.00. The van der Waals surface area contributed by atoms with Gasteiger partial charge in [-0.05, 0) is 66.4 Å². The van der Waals surface area contributed by atoms with Crippen molar-refractivity contribution >= 4 is 44.6 Å². The van der Waals surface area contributed by atoms with E-state index in [2.05, 4.69) is 10.3 Å². The Balaban J connectivity index is 1.61. The Kier molecular flexibility index (Phi) is 5.10. The molecule has 0 atom stereocenters. The monoisotopic (exact) mass is 425 g/mol. The molecule has 0 spiro atoms. The number of rotatable bonds is 4. The van der Waals surface area contributed by atoms with Gasteiger partial charge in [0.2, 0.25) is 10.0 Å². The topological polar surface area (TPSA) is 115 Å². The van der Waals surface area contributed by atoms with E-state index in [1.54, 1.807) is 30.3 Å². The van der Waals surface area contributed by atoms with Gasteiger partial charge in [-0.2, -0.15) is 0 Å². The van der Waals surface area contributed by atoms with Crippen LogP contribution >= 0.6 is 11.8 Å². The molecule has 1 saturated heterocycles. The summed E-state index contributed by atoms with van der Waals surface area (Å²) < 4.78 is 28.6. The third-order valence-corrected chi connectivity index (χ3v) is 5.77. The third kappa shape index (κ3) is 4.48. The number of benzene rings is 2. The van der Waals surface area contributed by atoms with Gasteiger partial charge in [0, 0.05) is 5.56 Å². The molecule has 3 N–H and O–H groups in total. The Bertz CT molecular complexity index is 1230. The summed E-state index contributed by atoms with van der Waals surface area (Å²) in [7, 11) is -3.74. The molecule has 0 bridgehead atoms. The molecular weight excluding hydrogens is 410 g/mol. The van der Waals surface area contributed by atoms with Crippen LogP contribution in [0.15, 0.2) is 85.9 Å². The van der Waals surface area contributed by atoms with Gasteiger partial charge in [0.25, 0.3) is 5.24 Å².